The highest BCUT2D eigenvalue weighted by Crippen LogP contribution is 2.37. The van der Waals surface area contributed by atoms with Crippen LogP contribution in [0.2, 0.25) is 0 Å². The van der Waals surface area contributed by atoms with Crippen LogP contribution in [0.15, 0.2) is 48.5 Å². The second-order valence-electron chi connectivity index (χ2n) is 8.23. The fourth-order valence-electron chi connectivity index (χ4n) is 4.23. The molecule has 0 amide bonds. The molecule has 148 valence electrons. The first-order chi connectivity index (χ1) is 13.7. The Hall–Kier alpha value is -2.04. The van der Waals surface area contributed by atoms with Gasteiger partial charge in [0.15, 0.2) is 0 Å². The SMILES string of the molecule is CCCCC1CCC(c2ccc(C#Cc3ccc(C(C)OC)cc3)cc2)CC1. The minimum absolute atomic E-state index is 0.122. The largest absolute Gasteiger partial charge is 0.377 e. The van der Waals surface area contributed by atoms with Gasteiger partial charge in [0, 0.05) is 18.2 Å². The lowest BCUT2D eigenvalue weighted by molar-refractivity contribution is 0.119. The molecule has 2 aromatic carbocycles. The summed E-state index contributed by atoms with van der Waals surface area (Å²) in [4.78, 5) is 0. The molecule has 1 heteroatoms. The third-order valence-corrected chi connectivity index (χ3v) is 6.28. The van der Waals surface area contributed by atoms with Gasteiger partial charge in [0.05, 0.1) is 6.10 Å². The molecular formula is C27H34O. The van der Waals surface area contributed by atoms with Gasteiger partial charge >= 0.3 is 0 Å². The van der Waals surface area contributed by atoms with E-state index in [1.807, 2.05) is 0 Å². The Morgan fingerprint density at radius 3 is 2.00 bits per heavy atom. The molecule has 3 rings (SSSR count). The van der Waals surface area contributed by atoms with E-state index in [1.165, 1.54) is 56.1 Å². The Morgan fingerprint density at radius 1 is 0.893 bits per heavy atom. The first kappa shape index (κ1) is 20.7. The van der Waals surface area contributed by atoms with Crippen molar-refractivity contribution in [1.29, 1.82) is 0 Å². The summed E-state index contributed by atoms with van der Waals surface area (Å²) >= 11 is 0. The van der Waals surface area contributed by atoms with Crippen molar-refractivity contribution in [2.75, 3.05) is 7.11 Å². The molecule has 0 bridgehead atoms. The van der Waals surface area contributed by atoms with Crippen molar-refractivity contribution in [3.05, 3.63) is 70.8 Å². The Labute approximate surface area is 171 Å². The van der Waals surface area contributed by atoms with Crippen LogP contribution in [0.3, 0.4) is 0 Å². The molecule has 1 atom stereocenters. The quantitative estimate of drug-likeness (QED) is 0.484. The molecule has 0 radical (unpaired) electrons. The van der Waals surface area contributed by atoms with Crippen molar-refractivity contribution in [3.8, 4) is 11.8 Å². The lowest BCUT2D eigenvalue weighted by atomic mass is 9.77. The van der Waals surface area contributed by atoms with Crippen LogP contribution in [0.5, 0.6) is 0 Å². The van der Waals surface area contributed by atoms with E-state index in [2.05, 4.69) is 74.2 Å². The van der Waals surface area contributed by atoms with Crippen molar-refractivity contribution in [2.45, 2.75) is 70.8 Å². The maximum Gasteiger partial charge on any atom is 0.0793 e. The van der Waals surface area contributed by atoms with E-state index < -0.39 is 0 Å². The van der Waals surface area contributed by atoms with E-state index in [9.17, 15) is 0 Å². The summed E-state index contributed by atoms with van der Waals surface area (Å²) in [5.41, 5.74) is 4.82. The van der Waals surface area contributed by atoms with Gasteiger partial charge in [-0.05, 0) is 79.8 Å². The second kappa shape index (κ2) is 10.5. The van der Waals surface area contributed by atoms with E-state index in [4.69, 9.17) is 4.74 Å². The molecule has 1 aliphatic carbocycles. The minimum Gasteiger partial charge on any atom is -0.377 e. The van der Waals surface area contributed by atoms with Crippen LogP contribution in [0, 0.1) is 17.8 Å². The summed E-state index contributed by atoms with van der Waals surface area (Å²) in [6.45, 7) is 4.35. The van der Waals surface area contributed by atoms with E-state index in [-0.39, 0.29) is 6.10 Å². The molecule has 0 saturated heterocycles. The van der Waals surface area contributed by atoms with Crippen LogP contribution < -0.4 is 0 Å². The normalized spacial score (nSPS) is 20.2. The number of benzene rings is 2. The smallest absolute Gasteiger partial charge is 0.0793 e. The Morgan fingerprint density at radius 2 is 1.46 bits per heavy atom. The zero-order valence-corrected chi connectivity index (χ0v) is 17.7. The van der Waals surface area contributed by atoms with Gasteiger partial charge in [0.1, 0.15) is 0 Å². The highest BCUT2D eigenvalue weighted by molar-refractivity contribution is 5.44. The fourth-order valence-corrected chi connectivity index (χ4v) is 4.23. The number of methoxy groups -OCH3 is 1. The minimum atomic E-state index is 0.122. The molecule has 1 fully saturated rings. The number of ether oxygens (including phenoxy) is 1. The Bertz CT molecular complexity index is 768. The molecule has 1 unspecified atom stereocenters. The average molecular weight is 375 g/mol. The van der Waals surface area contributed by atoms with Crippen LogP contribution in [0.1, 0.15) is 93.1 Å². The van der Waals surface area contributed by atoms with Gasteiger partial charge in [-0.3, -0.25) is 0 Å². The molecule has 1 saturated carbocycles. The maximum atomic E-state index is 5.35. The van der Waals surface area contributed by atoms with Crippen LogP contribution in [0.4, 0.5) is 0 Å². The van der Waals surface area contributed by atoms with Crippen molar-refractivity contribution in [1.82, 2.24) is 0 Å². The molecular weight excluding hydrogens is 340 g/mol. The van der Waals surface area contributed by atoms with Gasteiger partial charge in [-0.25, -0.2) is 0 Å². The molecule has 0 N–H and O–H groups in total. The predicted molar refractivity (Wildman–Crippen MR) is 119 cm³/mol. The predicted octanol–water partition coefficient (Wildman–Crippen LogP) is 7.26. The van der Waals surface area contributed by atoms with Crippen LogP contribution in [0.25, 0.3) is 0 Å². The highest BCUT2D eigenvalue weighted by Gasteiger charge is 2.21. The molecule has 0 aromatic heterocycles. The van der Waals surface area contributed by atoms with E-state index >= 15 is 0 Å². The van der Waals surface area contributed by atoms with Crippen LogP contribution in [-0.2, 0) is 4.74 Å². The van der Waals surface area contributed by atoms with Crippen molar-refractivity contribution in [2.24, 2.45) is 5.92 Å². The third kappa shape index (κ3) is 5.73. The van der Waals surface area contributed by atoms with Gasteiger partial charge in [0.2, 0.25) is 0 Å². The summed E-state index contributed by atoms with van der Waals surface area (Å²) in [5, 5.41) is 0. The van der Waals surface area contributed by atoms with E-state index in [1.54, 1.807) is 7.11 Å². The maximum absolute atomic E-state index is 5.35. The lowest BCUT2D eigenvalue weighted by Crippen LogP contribution is -2.13. The summed E-state index contributed by atoms with van der Waals surface area (Å²) in [6, 6.07) is 17.3. The van der Waals surface area contributed by atoms with Gasteiger partial charge in [0.25, 0.3) is 0 Å². The molecule has 2 aromatic rings. The zero-order chi connectivity index (χ0) is 19.8. The van der Waals surface area contributed by atoms with Crippen LogP contribution >= 0.6 is 0 Å². The molecule has 1 aliphatic rings. The monoisotopic (exact) mass is 374 g/mol. The fraction of sp³-hybridized carbons (Fsp3) is 0.481. The van der Waals surface area contributed by atoms with Crippen molar-refractivity contribution in [3.63, 3.8) is 0 Å². The topological polar surface area (TPSA) is 9.23 Å². The Balaban J connectivity index is 1.56. The summed E-state index contributed by atoms with van der Waals surface area (Å²) in [7, 11) is 1.74. The Kier molecular flexibility index (Phi) is 7.75. The summed E-state index contributed by atoms with van der Waals surface area (Å²) < 4.78 is 5.35. The van der Waals surface area contributed by atoms with Gasteiger partial charge in [-0.2, -0.15) is 0 Å². The van der Waals surface area contributed by atoms with Crippen molar-refractivity contribution < 1.29 is 4.74 Å². The molecule has 0 heterocycles. The van der Waals surface area contributed by atoms with E-state index in [0.29, 0.717) is 0 Å². The standard InChI is InChI=1S/C27H34O/c1-4-5-6-22-11-17-26(18-12-22)27-19-13-24(14-20-27)8-7-23-9-15-25(16-10-23)21(2)28-3/h9-10,13-16,19-22,26H,4-6,11-12,17-18H2,1-3H3. The zero-order valence-electron chi connectivity index (χ0n) is 17.7. The first-order valence-electron chi connectivity index (χ1n) is 10.9. The molecule has 0 spiro atoms. The van der Waals surface area contributed by atoms with E-state index in [0.717, 1.165) is 23.0 Å². The molecule has 28 heavy (non-hydrogen) atoms. The summed E-state index contributed by atoms with van der Waals surface area (Å²) in [6.07, 6.45) is 9.81. The highest BCUT2D eigenvalue weighted by atomic mass is 16.5. The lowest BCUT2D eigenvalue weighted by Gasteiger charge is -2.28. The van der Waals surface area contributed by atoms with Gasteiger partial charge in [-0.15, -0.1) is 0 Å². The number of hydrogen-bond acceptors (Lipinski definition) is 1. The number of rotatable bonds is 6. The number of unbranched alkanes of at least 4 members (excludes halogenated alkanes) is 1. The van der Waals surface area contributed by atoms with Crippen molar-refractivity contribution >= 4 is 0 Å². The summed E-state index contributed by atoms with van der Waals surface area (Å²) in [5.74, 6) is 8.30. The van der Waals surface area contributed by atoms with Crippen LogP contribution in [-0.4, -0.2) is 7.11 Å². The van der Waals surface area contributed by atoms with Gasteiger partial charge in [-0.1, -0.05) is 62.3 Å². The molecule has 0 aliphatic heterocycles. The molecule has 1 nitrogen and oxygen atoms in total. The average Bonchev–Trinajstić information content (AvgIpc) is 2.77. The first-order valence-corrected chi connectivity index (χ1v) is 10.9. The van der Waals surface area contributed by atoms with Gasteiger partial charge < -0.3 is 4.74 Å². The third-order valence-electron chi connectivity index (χ3n) is 6.28. The number of hydrogen-bond donors (Lipinski definition) is 0. The second-order valence-corrected chi connectivity index (χ2v) is 8.23.